The summed E-state index contributed by atoms with van der Waals surface area (Å²) in [5.74, 6) is -2.71. The summed E-state index contributed by atoms with van der Waals surface area (Å²) in [5, 5.41) is 0. The van der Waals surface area contributed by atoms with Crippen LogP contribution >= 0.6 is 0 Å². The molecular formula is C16H14F2N4O3. The summed E-state index contributed by atoms with van der Waals surface area (Å²) in [6.07, 6.45) is 1.27. The molecule has 0 unspecified atom stereocenters. The molecule has 0 aliphatic rings. The third-order valence-corrected chi connectivity index (χ3v) is 4.17. The molecule has 0 fully saturated rings. The normalized spacial score (nSPS) is 12.5. The van der Waals surface area contributed by atoms with Gasteiger partial charge in [0.1, 0.15) is 0 Å². The molecule has 25 heavy (non-hydrogen) atoms. The fourth-order valence-electron chi connectivity index (χ4n) is 2.67. The minimum Gasteiger partial charge on any atom is -0.314 e. The maximum atomic E-state index is 13.4. The molecule has 2 heterocycles. The number of Topliss-reactive ketones (excluding diaryl/α,β-unsaturated/α-hetero) is 1. The van der Waals surface area contributed by atoms with E-state index in [4.69, 9.17) is 0 Å². The first-order valence-electron chi connectivity index (χ1n) is 7.36. The minimum absolute atomic E-state index is 0.0325. The van der Waals surface area contributed by atoms with Gasteiger partial charge in [0.15, 0.2) is 28.6 Å². The van der Waals surface area contributed by atoms with Crippen molar-refractivity contribution in [3.05, 3.63) is 62.6 Å². The second-order valence-corrected chi connectivity index (χ2v) is 5.70. The molecule has 1 atom stereocenters. The van der Waals surface area contributed by atoms with Gasteiger partial charge in [-0.2, -0.15) is 0 Å². The van der Waals surface area contributed by atoms with Crippen molar-refractivity contribution < 1.29 is 13.6 Å². The van der Waals surface area contributed by atoms with Gasteiger partial charge in [0.25, 0.3) is 5.56 Å². The lowest BCUT2D eigenvalue weighted by Gasteiger charge is -2.14. The number of imidazole rings is 1. The summed E-state index contributed by atoms with van der Waals surface area (Å²) in [6.45, 7) is 1.51. The zero-order valence-electron chi connectivity index (χ0n) is 13.7. The Morgan fingerprint density at radius 1 is 1.12 bits per heavy atom. The van der Waals surface area contributed by atoms with Crippen LogP contribution in [0.15, 0.2) is 34.1 Å². The van der Waals surface area contributed by atoms with E-state index in [1.807, 2.05) is 0 Å². The van der Waals surface area contributed by atoms with Crippen molar-refractivity contribution in [2.75, 3.05) is 0 Å². The number of fused-ring (bicyclic) bond motifs is 1. The van der Waals surface area contributed by atoms with Gasteiger partial charge in [0, 0.05) is 19.7 Å². The number of ketones is 1. The lowest BCUT2D eigenvalue weighted by molar-refractivity contribution is 0.0936. The van der Waals surface area contributed by atoms with Crippen LogP contribution in [0, 0.1) is 11.6 Å². The van der Waals surface area contributed by atoms with Crippen molar-refractivity contribution in [2.45, 2.75) is 13.0 Å². The summed E-state index contributed by atoms with van der Waals surface area (Å²) in [6, 6.07) is 1.94. The van der Waals surface area contributed by atoms with E-state index < -0.39 is 34.7 Å². The van der Waals surface area contributed by atoms with Gasteiger partial charge < -0.3 is 4.57 Å². The zero-order chi connectivity index (χ0) is 18.5. The largest absolute Gasteiger partial charge is 0.332 e. The third kappa shape index (κ3) is 2.48. The van der Waals surface area contributed by atoms with Crippen molar-refractivity contribution in [3.8, 4) is 0 Å². The highest BCUT2D eigenvalue weighted by atomic mass is 19.2. The highest BCUT2D eigenvalue weighted by Crippen LogP contribution is 2.19. The SMILES string of the molecule is C[C@@H](C(=O)c1ccc(F)c(F)c1)n1cnc2c1c(=O)n(C)c(=O)n2C. The Balaban J connectivity index is 2.16. The molecule has 3 aromatic rings. The Morgan fingerprint density at radius 2 is 1.80 bits per heavy atom. The van der Waals surface area contributed by atoms with Gasteiger partial charge in [0.2, 0.25) is 0 Å². The van der Waals surface area contributed by atoms with E-state index in [9.17, 15) is 23.2 Å². The van der Waals surface area contributed by atoms with Gasteiger partial charge in [0.05, 0.1) is 12.4 Å². The lowest BCUT2D eigenvalue weighted by atomic mass is 10.0. The van der Waals surface area contributed by atoms with Gasteiger partial charge in [-0.15, -0.1) is 0 Å². The van der Waals surface area contributed by atoms with E-state index in [0.717, 1.165) is 16.7 Å². The fraction of sp³-hybridized carbons (Fsp3) is 0.250. The molecule has 0 amide bonds. The van der Waals surface area contributed by atoms with Crippen molar-refractivity contribution in [1.29, 1.82) is 0 Å². The minimum atomic E-state index is -1.13. The van der Waals surface area contributed by atoms with Crippen molar-refractivity contribution in [1.82, 2.24) is 18.7 Å². The maximum absolute atomic E-state index is 13.4. The molecule has 130 valence electrons. The predicted molar refractivity (Wildman–Crippen MR) is 85.6 cm³/mol. The first kappa shape index (κ1) is 16.7. The second kappa shape index (κ2) is 5.76. The summed E-state index contributed by atoms with van der Waals surface area (Å²) < 4.78 is 29.9. The lowest BCUT2D eigenvalue weighted by Crippen LogP contribution is -2.38. The quantitative estimate of drug-likeness (QED) is 0.666. The molecule has 1 aromatic carbocycles. The number of rotatable bonds is 3. The third-order valence-electron chi connectivity index (χ3n) is 4.17. The van der Waals surface area contributed by atoms with E-state index in [-0.39, 0.29) is 16.7 Å². The molecule has 0 bridgehead atoms. The van der Waals surface area contributed by atoms with Crippen molar-refractivity contribution >= 4 is 16.9 Å². The standard InChI is InChI=1S/C16H14F2N4O3/c1-8(13(23)9-4-5-10(17)11(18)6-9)22-7-19-14-12(22)15(24)21(3)16(25)20(14)2/h4-8H,1-3H3/t8-/m0/s1. The topological polar surface area (TPSA) is 78.9 Å². The Labute approximate surface area is 139 Å². The molecule has 0 aliphatic carbocycles. The summed E-state index contributed by atoms with van der Waals surface area (Å²) >= 11 is 0. The molecule has 0 saturated carbocycles. The van der Waals surface area contributed by atoms with Gasteiger partial charge in [-0.3, -0.25) is 18.7 Å². The Kier molecular flexibility index (Phi) is 3.86. The highest BCUT2D eigenvalue weighted by molar-refractivity contribution is 5.99. The number of halogens is 2. The van der Waals surface area contributed by atoms with Crippen LogP contribution in [0.1, 0.15) is 23.3 Å². The van der Waals surface area contributed by atoms with Gasteiger partial charge in [-0.1, -0.05) is 0 Å². The summed E-state index contributed by atoms with van der Waals surface area (Å²) in [7, 11) is 2.78. The number of carbonyl (C=O) groups is 1. The number of nitrogens with zero attached hydrogens (tertiary/aromatic N) is 4. The van der Waals surface area contributed by atoms with Crippen molar-refractivity contribution in [3.63, 3.8) is 0 Å². The molecule has 0 radical (unpaired) electrons. The molecule has 0 N–H and O–H groups in total. The van der Waals surface area contributed by atoms with Gasteiger partial charge >= 0.3 is 5.69 Å². The van der Waals surface area contributed by atoms with Crippen LogP contribution in [0.3, 0.4) is 0 Å². The fourth-order valence-corrected chi connectivity index (χ4v) is 2.67. The number of hydrogen-bond acceptors (Lipinski definition) is 4. The molecule has 0 saturated heterocycles. The molecule has 3 rings (SSSR count). The summed E-state index contributed by atoms with van der Waals surface area (Å²) in [5.41, 5.74) is -0.955. The first-order chi connectivity index (χ1) is 11.7. The number of benzene rings is 1. The Hall–Kier alpha value is -3.10. The molecule has 2 aromatic heterocycles. The number of aromatic nitrogens is 4. The van der Waals surface area contributed by atoms with Crippen molar-refractivity contribution in [2.24, 2.45) is 14.1 Å². The molecular weight excluding hydrogens is 334 g/mol. The van der Waals surface area contributed by atoms with Crippen LogP contribution < -0.4 is 11.2 Å². The maximum Gasteiger partial charge on any atom is 0.332 e. The first-order valence-corrected chi connectivity index (χ1v) is 7.36. The van der Waals surface area contributed by atoms with E-state index in [2.05, 4.69) is 4.98 Å². The van der Waals surface area contributed by atoms with E-state index in [1.54, 1.807) is 0 Å². The average Bonchev–Trinajstić information content (AvgIpc) is 3.04. The predicted octanol–water partition coefficient (Wildman–Crippen LogP) is 1.16. The number of carbonyl (C=O) groups excluding carboxylic acids is 1. The van der Waals surface area contributed by atoms with Crippen LogP contribution in [0.2, 0.25) is 0 Å². The Bertz CT molecular complexity index is 1130. The number of hydrogen-bond donors (Lipinski definition) is 0. The zero-order valence-corrected chi connectivity index (χ0v) is 13.7. The monoisotopic (exact) mass is 348 g/mol. The smallest absolute Gasteiger partial charge is 0.314 e. The summed E-state index contributed by atoms with van der Waals surface area (Å²) in [4.78, 5) is 41.0. The second-order valence-electron chi connectivity index (χ2n) is 5.70. The molecule has 9 heteroatoms. The average molecular weight is 348 g/mol. The van der Waals surface area contributed by atoms with Crippen LogP contribution in [-0.4, -0.2) is 24.5 Å². The van der Waals surface area contributed by atoms with Crippen LogP contribution in [0.4, 0.5) is 8.78 Å². The van der Waals surface area contributed by atoms with Gasteiger partial charge in [-0.25, -0.2) is 18.6 Å². The van der Waals surface area contributed by atoms with Crippen LogP contribution in [0.5, 0.6) is 0 Å². The van der Waals surface area contributed by atoms with E-state index in [1.165, 1.54) is 42.5 Å². The molecule has 0 aliphatic heterocycles. The van der Waals surface area contributed by atoms with Gasteiger partial charge in [-0.05, 0) is 25.1 Å². The number of aryl methyl sites for hydroxylation is 1. The molecule has 7 nitrogen and oxygen atoms in total. The van der Waals surface area contributed by atoms with E-state index in [0.29, 0.717) is 0 Å². The molecule has 0 spiro atoms. The van der Waals surface area contributed by atoms with E-state index >= 15 is 0 Å². The Morgan fingerprint density at radius 3 is 2.44 bits per heavy atom. The highest BCUT2D eigenvalue weighted by Gasteiger charge is 2.23. The van der Waals surface area contributed by atoms with Crippen LogP contribution in [0.25, 0.3) is 11.2 Å². The van der Waals surface area contributed by atoms with Crippen LogP contribution in [-0.2, 0) is 14.1 Å².